The summed E-state index contributed by atoms with van der Waals surface area (Å²) in [4.78, 5) is 12.1. The van der Waals surface area contributed by atoms with Crippen LogP contribution in [0.25, 0.3) is 5.57 Å². The molecule has 3 nitrogen and oxygen atoms in total. The number of piperidine rings is 1. The van der Waals surface area contributed by atoms with Gasteiger partial charge in [0.15, 0.2) is 0 Å². The summed E-state index contributed by atoms with van der Waals surface area (Å²) in [6, 6.07) is 6.04. The minimum atomic E-state index is 0.0752. The second-order valence-corrected chi connectivity index (χ2v) is 4.68. The Morgan fingerprint density at radius 3 is 2.71 bits per heavy atom. The molecule has 3 heteroatoms. The molecule has 0 unspecified atom stereocenters. The molecular formula is C14H16N2O. The van der Waals surface area contributed by atoms with Crippen molar-refractivity contribution in [2.75, 3.05) is 18.4 Å². The van der Waals surface area contributed by atoms with Crippen molar-refractivity contribution < 1.29 is 4.79 Å². The highest BCUT2D eigenvalue weighted by molar-refractivity contribution is 6.32. The normalized spacial score (nSPS) is 19.2. The van der Waals surface area contributed by atoms with E-state index in [1.165, 1.54) is 11.1 Å². The van der Waals surface area contributed by atoms with Crippen molar-refractivity contribution in [1.82, 2.24) is 5.32 Å². The molecule has 0 saturated carbocycles. The Hall–Kier alpha value is -1.61. The summed E-state index contributed by atoms with van der Waals surface area (Å²) in [5.41, 5.74) is 5.50. The van der Waals surface area contributed by atoms with Crippen LogP contribution >= 0.6 is 0 Å². The Morgan fingerprint density at radius 1 is 1.18 bits per heavy atom. The maximum Gasteiger partial charge on any atom is 0.256 e. The number of carbonyl (C=O) groups excluding carboxylic acids is 1. The SMILES string of the molecule is Cc1cccc2c1C(=C1CCNCC1)C(=O)N2. The van der Waals surface area contributed by atoms with Gasteiger partial charge >= 0.3 is 0 Å². The molecule has 0 atom stereocenters. The van der Waals surface area contributed by atoms with E-state index in [0.717, 1.165) is 42.8 Å². The average molecular weight is 228 g/mol. The maximum atomic E-state index is 12.1. The Morgan fingerprint density at radius 2 is 1.94 bits per heavy atom. The Bertz CT molecular complexity index is 509. The topological polar surface area (TPSA) is 41.1 Å². The van der Waals surface area contributed by atoms with Crippen LogP contribution in [0.4, 0.5) is 5.69 Å². The van der Waals surface area contributed by atoms with Crippen LogP contribution in [0.2, 0.25) is 0 Å². The molecule has 3 rings (SSSR count). The highest BCUT2D eigenvalue weighted by atomic mass is 16.2. The molecule has 1 fully saturated rings. The van der Waals surface area contributed by atoms with Crippen molar-refractivity contribution in [2.45, 2.75) is 19.8 Å². The molecule has 0 aliphatic carbocycles. The van der Waals surface area contributed by atoms with E-state index >= 15 is 0 Å². The first kappa shape index (κ1) is 10.5. The molecule has 0 aromatic heterocycles. The summed E-state index contributed by atoms with van der Waals surface area (Å²) in [5.74, 6) is 0.0752. The van der Waals surface area contributed by atoms with Crippen LogP contribution in [0.15, 0.2) is 23.8 Å². The fraction of sp³-hybridized carbons (Fsp3) is 0.357. The zero-order chi connectivity index (χ0) is 11.8. The van der Waals surface area contributed by atoms with Crippen LogP contribution in [0.5, 0.6) is 0 Å². The fourth-order valence-electron chi connectivity index (χ4n) is 2.72. The molecule has 0 spiro atoms. The lowest BCUT2D eigenvalue weighted by molar-refractivity contribution is -0.110. The number of hydrogen-bond acceptors (Lipinski definition) is 2. The van der Waals surface area contributed by atoms with Crippen LogP contribution in [0, 0.1) is 6.92 Å². The van der Waals surface area contributed by atoms with Gasteiger partial charge in [0.25, 0.3) is 5.91 Å². The second-order valence-electron chi connectivity index (χ2n) is 4.68. The standard InChI is InChI=1S/C14H16N2O/c1-9-3-2-4-11-12(9)13(14(17)16-11)10-5-7-15-8-6-10/h2-4,15H,5-8H2,1H3,(H,16,17). The number of benzene rings is 1. The number of anilines is 1. The molecule has 2 aliphatic heterocycles. The molecule has 2 N–H and O–H groups in total. The molecule has 0 radical (unpaired) electrons. The van der Waals surface area contributed by atoms with E-state index in [9.17, 15) is 4.79 Å². The molecule has 0 bridgehead atoms. The van der Waals surface area contributed by atoms with Crippen LogP contribution < -0.4 is 10.6 Å². The smallest absolute Gasteiger partial charge is 0.256 e. The van der Waals surface area contributed by atoms with Crippen LogP contribution in [-0.2, 0) is 4.79 Å². The van der Waals surface area contributed by atoms with E-state index in [1.807, 2.05) is 12.1 Å². The van der Waals surface area contributed by atoms with Crippen molar-refractivity contribution >= 4 is 17.2 Å². The molecule has 2 aliphatic rings. The highest BCUT2D eigenvalue weighted by Crippen LogP contribution is 2.37. The van der Waals surface area contributed by atoms with Gasteiger partial charge in [0.05, 0.1) is 0 Å². The Kier molecular flexibility index (Phi) is 2.48. The van der Waals surface area contributed by atoms with E-state index in [2.05, 4.69) is 23.6 Å². The van der Waals surface area contributed by atoms with Gasteiger partial charge in [-0.05, 0) is 44.5 Å². The molecular weight excluding hydrogens is 212 g/mol. The van der Waals surface area contributed by atoms with Crippen molar-refractivity contribution in [1.29, 1.82) is 0 Å². The zero-order valence-electron chi connectivity index (χ0n) is 9.97. The number of nitrogens with one attached hydrogen (secondary N) is 2. The summed E-state index contributed by atoms with van der Waals surface area (Å²) in [6.45, 7) is 4.03. The van der Waals surface area contributed by atoms with Crippen LogP contribution in [0.1, 0.15) is 24.0 Å². The number of aryl methyl sites for hydroxylation is 1. The van der Waals surface area contributed by atoms with Crippen molar-refractivity contribution in [2.24, 2.45) is 0 Å². The molecule has 17 heavy (non-hydrogen) atoms. The van der Waals surface area contributed by atoms with Crippen molar-refractivity contribution in [3.8, 4) is 0 Å². The van der Waals surface area contributed by atoms with Gasteiger partial charge in [0.2, 0.25) is 0 Å². The van der Waals surface area contributed by atoms with Crippen LogP contribution in [0.3, 0.4) is 0 Å². The first-order valence-corrected chi connectivity index (χ1v) is 6.11. The number of amides is 1. The first-order valence-electron chi connectivity index (χ1n) is 6.11. The number of rotatable bonds is 0. The van der Waals surface area contributed by atoms with E-state index in [0.29, 0.717) is 0 Å². The molecule has 1 saturated heterocycles. The van der Waals surface area contributed by atoms with Gasteiger partial charge < -0.3 is 10.6 Å². The first-order chi connectivity index (χ1) is 8.27. The molecule has 2 heterocycles. The third-order valence-corrected chi connectivity index (χ3v) is 3.56. The molecule has 1 aromatic rings. The van der Waals surface area contributed by atoms with Gasteiger partial charge in [0, 0.05) is 16.8 Å². The van der Waals surface area contributed by atoms with Crippen molar-refractivity contribution in [3.05, 3.63) is 34.9 Å². The largest absolute Gasteiger partial charge is 0.321 e. The zero-order valence-corrected chi connectivity index (χ0v) is 9.97. The summed E-state index contributed by atoms with van der Waals surface area (Å²) in [5, 5.41) is 6.29. The Balaban J connectivity index is 2.16. The summed E-state index contributed by atoms with van der Waals surface area (Å²) >= 11 is 0. The summed E-state index contributed by atoms with van der Waals surface area (Å²) in [6.07, 6.45) is 1.97. The minimum Gasteiger partial charge on any atom is -0.321 e. The lowest BCUT2D eigenvalue weighted by atomic mass is 9.92. The van der Waals surface area contributed by atoms with E-state index in [4.69, 9.17) is 0 Å². The minimum absolute atomic E-state index is 0.0752. The highest BCUT2D eigenvalue weighted by Gasteiger charge is 2.28. The van der Waals surface area contributed by atoms with E-state index in [-0.39, 0.29) is 5.91 Å². The number of hydrogen-bond donors (Lipinski definition) is 2. The second kappa shape index (κ2) is 4.00. The van der Waals surface area contributed by atoms with Gasteiger partial charge in [-0.25, -0.2) is 0 Å². The number of fused-ring (bicyclic) bond motifs is 1. The molecule has 1 amide bonds. The summed E-state index contributed by atoms with van der Waals surface area (Å²) < 4.78 is 0. The van der Waals surface area contributed by atoms with Gasteiger partial charge in [-0.2, -0.15) is 0 Å². The maximum absolute atomic E-state index is 12.1. The van der Waals surface area contributed by atoms with Gasteiger partial charge in [-0.3, -0.25) is 4.79 Å². The van der Waals surface area contributed by atoms with Gasteiger partial charge in [-0.1, -0.05) is 17.7 Å². The lowest BCUT2D eigenvalue weighted by Crippen LogP contribution is -2.24. The third kappa shape index (κ3) is 1.67. The Labute approximate surface area is 101 Å². The van der Waals surface area contributed by atoms with E-state index in [1.54, 1.807) is 0 Å². The third-order valence-electron chi connectivity index (χ3n) is 3.56. The monoisotopic (exact) mass is 228 g/mol. The van der Waals surface area contributed by atoms with Crippen molar-refractivity contribution in [3.63, 3.8) is 0 Å². The number of carbonyl (C=O) groups is 1. The van der Waals surface area contributed by atoms with Crippen LogP contribution in [-0.4, -0.2) is 19.0 Å². The average Bonchev–Trinajstić information content (AvgIpc) is 2.68. The summed E-state index contributed by atoms with van der Waals surface area (Å²) in [7, 11) is 0. The quantitative estimate of drug-likeness (QED) is 0.667. The molecule has 88 valence electrons. The van der Waals surface area contributed by atoms with Gasteiger partial charge in [0.1, 0.15) is 0 Å². The van der Waals surface area contributed by atoms with Gasteiger partial charge in [-0.15, -0.1) is 0 Å². The predicted octanol–water partition coefficient (Wildman–Crippen LogP) is 2.08. The fourth-order valence-corrected chi connectivity index (χ4v) is 2.72. The lowest BCUT2D eigenvalue weighted by Gasteiger charge is -2.17. The molecule has 1 aromatic carbocycles. The van der Waals surface area contributed by atoms with E-state index < -0.39 is 0 Å². The predicted molar refractivity (Wildman–Crippen MR) is 68.8 cm³/mol.